The highest BCUT2D eigenvalue weighted by atomic mass is 35.5. The summed E-state index contributed by atoms with van der Waals surface area (Å²) in [6, 6.07) is 9.52. The number of ketones is 2. The van der Waals surface area contributed by atoms with Crippen LogP contribution in [0.2, 0.25) is 5.02 Å². The molecule has 0 radical (unpaired) electrons. The van der Waals surface area contributed by atoms with Gasteiger partial charge in [0, 0.05) is 42.7 Å². The Kier molecular flexibility index (Phi) is 6.17. The van der Waals surface area contributed by atoms with E-state index in [9.17, 15) is 14.0 Å². The normalized spacial score (nSPS) is 18.4. The summed E-state index contributed by atoms with van der Waals surface area (Å²) in [6.07, 6.45) is 3.68. The van der Waals surface area contributed by atoms with E-state index in [4.69, 9.17) is 25.8 Å². The van der Waals surface area contributed by atoms with Gasteiger partial charge in [0.25, 0.3) is 0 Å². The van der Waals surface area contributed by atoms with Gasteiger partial charge in [-0.25, -0.2) is 4.39 Å². The lowest BCUT2D eigenvalue weighted by molar-refractivity contribution is -0.117. The van der Waals surface area contributed by atoms with Gasteiger partial charge in [0.15, 0.2) is 23.1 Å². The van der Waals surface area contributed by atoms with E-state index in [1.807, 2.05) is 0 Å². The van der Waals surface area contributed by atoms with Crippen LogP contribution in [-0.4, -0.2) is 18.7 Å². The lowest BCUT2D eigenvalue weighted by atomic mass is 9.73. The van der Waals surface area contributed by atoms with Crippen LogP contribution in [-0.2, 0) is 20.9 Å². The van der Waals surface area contributed by atoms with E-state index in [1.54, 1.807) is 24.3 Å². The minimum absolute atomic E-state index is 0.00268. The number of hydrogen-bond acceptors (Lipinski definition) is 5. The molecule has 0 N–H and O–H groups in total. The molecular weight excluding hydrogens is 459 g/mol. The molecule has 0 saturated heterocycles. The second kappa shape index (κ2) is 9.26. The first-order chi connectivity index (χ1) is 16.5. The van der Waals surface area contributed by atoms with Gasteiger partial charge in [-0.05, 0) is 48.2 Å². The molecule has 2 aromatic carbocycles. The summed E-state index contributed by atoms with van der Waals surface area (Å²) in [6.45, 7) is 0.175. The number of benzene rings is 2. The molecule has 0 atom stereocenters. The summed E-state index contributed by atoms with van der Waals surface area (Å²) in [5.74, 6) is 1.23. The summed E-state index contributed by atoms with van der Waals surface area (Å²) in [5.41, 5.74) is 2.58. The molecule has 0 spiro atoms. The van der Waals surface area contributed by atoms with Gasteiger partial charge in [-0.3, -0.25) is 9.59 Å². The molecule has 1 aliphatic heterocycles. The summed E-state index contributed by atoms with van der Waals surface area (Å²) in [4.78, 5) is 26.0. The zero-order valence-corrected chi connectivity index (χ0v) is 19.5. The maximum atomic E-state index is 13.2. The minimum Gasteiger partial charge on any atom is -0.493 e. The molecule has 5 rings (SSSR count). The molecular formula is C27H24ClFO5. The third kappa shape index (κ3) is 4.11. The quantitative estimate of drug-likeness (QED) is 0.508. The Morgan fingerprint density at radius 3 is 2.18 bits per heavy atom. The Bertz CT molecular complexity index is 1190. The van der Waals surface area contributed by atoms with E-state index in [0.29, 0.717) is 70.4 Å². The molecule has 176 valence electrons. The molecule has 0 fully saturated rings. The van der Waals surface area contributed by atoms with Gasteiger partial charge >= 0.3 is 0 Å². The first-order valence-corrected chi connectivity index (χ1v) is 11.8. The lowest BCUT2D eigenvalue weighted by Gasteiger charge is -2.36. The molecule has 0 aromatic heterocycles. The molecule has 1 heterocycles. The van der Waals surface area contributed by atoms with E-state index in [1.165, 1.54) is 19.2 Å². The fourth-order valence-electron chi connectivity index (χ4n) is 4.93. The predicted octanol–water partition coefficient (Wildman–Crippen LogP) is 6.19. The SMILES string of the molecule is COc1cc(C2C3=C(CCCC3=O)OC3=C2C(=O)CCC3)cc(Cl)c1OCc1ccc(F)cc1. The van der Waals surface area contributed by atoms with Gasteiger partial charge in [-0.2, -0.15) is 0 Å². The van der Waals surface area contributed by atoms with Crippen molar-refractivity contribution in [2.75, 3.05) is 7.11 Å². The number of carbonyl (C=O) groups excluding carboxylic acids is 2. The predicted molar refractivity (Wildman–Crippen MR) is 124 cm³/mol. The van der Waals surface area contributed by atoms with Gasteiger partial charge in [-0.1, -0.05) is 23.7 Å². The number of allylic oxidation sites excluding steroid dienone is 4. The molecule has 0 unspecified atom stereocenters. The molecule has 34 heavy (non-hydrogen) atoms. The molecule has 7 heteroatoms. The van der Waals surface area contributed by atoms with Crippen LogP contribution >= 0.6 is 11.6 Å². The van der Waals surface area contributed by atoms with Crippen molar-refractivity contribution in [2.45, 2.75) is 51.0 Å². The van der Waals surface area contributed by atoms with E-state index in [0.717, 1.165) is 18.4 Å². The summed E-state index contributed by atoms with van der Waals surface area (Å²) in [7, 11) is 1.51. The van der Waals surface area contributed by atoms with E-state index in [-0.39, 0.29) is 24.0 Å². The summed E-state index contributed by atoms with van der Waals surface area (Å²) < 4.78 is 30.8. The molecule has 5 nitrogen and oxygen atoms in total. The number of halogens is 2. The largest absolute Gasteiger partial charge is 0.493 e. The van der Waals surface area contributed by atoms with Crippen LogP contribution in [0.4, 0.5) is 4.39 Å². The van der Waals surface area contributed by atoms with Gasteiger partial charge in [0.2, 0.25) is 0 Å². The number of methoxy groups -OCH3 is 1. The van der Waals surface area contributed by atoms with E-state index >= 15 is 0 Å². The first-order valence-electron chi connectivity index (χ1n) is 11.4. The topological polar surface area (TPSA) is 61.8 Å². The van der Waals surface area contributed by atoms with Crippen molar-refractivity contribution in [3.63, 3.8) is 0 Å². The van der Waals surface area contributed by atoms with Gasteiger partial charge in [0.1, 0.15) is 23.9 Å². The summed E-state index contributed by atoms with van der Waals surface area (Å²) >= 11 is 6.65. The lowest BCUT2D eigenvalue weighted by Crippen LogP contribution is -2.30. The van der Waals surface area contributed by atoms with Crippen LogP contribution in [0.5, 0.6) is 11.5 Å². The van der Waals surface area contributed by atoms with E-state index in [2.05, 4.69) is 0 Å². The van der Waals surface area contributed by atoms with Crippen molar-refractivity contribution in [2.24, 2.45) is 0 Å². The molecule has 0 saturated carbocycles. The highest BCUT2D eigenvalue weighted by Crippen LogP contribution is 2.50. The average Bonchev–Trinajstić information content (AvgIpc) is 2.83. The van der Waals surface area contributed by atoms with Crippen LogP contribution in [0.25, 0.3) is 0 Å². The third-order valence-corrected chi connectivity index (χ3v) is 6.80. The van der Waals surface area contributed by atoms with Gasteiger partial charge in [0.05, 0.1) is 12.1 Å². The smallest absolute Gasteiger partial charge is 0.180 e. The maximum absolute atomic E-state index is 13.2. The zero-order chi connectivity index (χ0) is 23.8. The highest BCUT2D eigenvalue weighted by molar-refractivity contribution is 6.32. The Balaban J connectivity index is 1.55. The number of Topliss-reactive ketones (excluding diaryl/α,β-unsaturated/α-hetero) is 2. The maximum Gasteiger partial charge on any atom is 0.180 e. The molecule has 2 aromatic rings. The second-order valence-corrected chi connectivity index (χ2v) is 9.12. The van der Waals surface area contributed by atoms with Crippen molar-refractivity contribution < 1.29 is 28.2 Å². The van der Waals surface area contributed by atoms with Crippen molar-refractivity contribution in [3.05, 3.63) is 81.0 Å². The monoisotopic (exact) mass is 482 g/mol. The van der Waals surface area contributed by atoms with Crippen molar-refractivity contribution >= 4 is 23.2 Å². The number of rotatable bonds is 5. The van der Waals surface area contributed by atoms with Crippen molar-refractivity contribution in [1.82, 2.24) is 0 Å². The Hall–Kier alpha value is -3.12. The summed E-state index contributed by atoms with van der Waals surface area (Å²) in [5, 5.41) is 0.304. The van der Waals surface area contributed by atoms with Crippen LogP contribution in [0.3, 0.4) is 0 Å². The fraction of sp³-hybridized carbons (Fsp3) is 0.333. The first kappa shape index (κ1) is 22.7. The molecule has 0 amide bonds. The Labute approximate surface area is 202 Å². The second-order valence-electron chi connectivity index (χ2n) is 8.71. The molecule has 0 bridgehead atoms. The van der Waals surface area contributed by atoms with Crippen LogP contribution < -0.4 is 9.47 Å². The average molecular weight is 483 g/mol. The van der Waals surface area contributed by atoms with Crippen LogP contribution in [0.1, 0.15) is 55.6 Å². The number of hydrogen-bond donors (Lipinski definition) is 0. The van der Waals surface area contributed by atoms with Crippen molar-refractivity contribution in [3.8, 4) is 11.5 Å². The van der Waals surface area contributed by atoms with E-state index < -0.39 is 5.92 Å². The minimum atomic E-state index is -0.531. The molecule has 2 aliphatic carbocycles. The number of ether oxygens (including phenoxy) is 3. The van der Waals surface area contributed by atoms with Crippen LogP contribution in [0, 0.1) is 5.82 Å². The van der Waals surface area contributed by atoms with Gasteiger partial charge in [-0.15, -0.1) is 0 Å². The van der Waals surface area contributed by atoms with Crippen molar-refractivity contribution in [1.29, 1.82) is 0 Å². The van der Waals surface area contributed by atoms with Crippen LogP contribution in [0.15, 0.2) is 59.1 Å². The zero-order valence-electron chi connectivity index (χ0n) is 18.8. The molecule has 3 aliphatic rings. The third-order valence-electron chi connectivity index (χ3n) is 6.52. The Morgan fingerprint density at radius 2 is 1.59 bits per heavy atom. The number of carbonyl (C=O) groups is 2. The fourth-order valence-corrected chi connectivity index (χ4v) is 5.21. The standard InChI is InChI=1S/C27H24ClFO5/c1-32-23-13-16(12-18(28)27(23)33-14-15-8-10-17(29)11-9-15)24-25-19(30)4-2-6-21(25)34-22-7-3-5-20(31)26(22)24/h8-13,24H,2-7,14H2,1H3. The van der Waals surface area contributed by atoms with Gasteiger partial charge < -0.3 is 14.2 Å². The Morgan fingerprint density at radius 1 is 0.971 bits per heavy atom. The highest BCUT2D eigenvalue weighted by Gasteiger charge is 2.42.